The number of benzene rings is 2. The summed E-state index contributed by atoms with van der Waals surface area (Å²) in [6.45, 7) is 4.49. The van der Waals surface area contributed by atoms with E-state index in [0.717, 1.165) is 22.4 Å². The van der Waals surface area contributed by atoms with Gasteiger partial charge in [0, 0.05) is 29.6 Å². The first-order chi connectivity index (χ1) is 12.5. The molecule has 0 bridgehead atoms. The molecule has 1 aromatic heterocycles. The molecule has 3 rings (SSSR count). The lowest BCUT2D eigenvalue weighted by atomic mass is 10.1. The van der Waals surface area contributed by atoms with Crippen LogP contribution in [0.4, 0.5) is 11.6 Å². The summed E-state index contributed by atoms with van der Waals surface area (Å²) in [4.78, 5) is 20.7. The number of halogens is 1. The van der Waals surface area contributed by atoms with Crippen molar-refractivity contribution < 1.29 is 4.79 Å². The number of nitrogens with one attached hydrogen (secondary N) is 2. The molecular weight excluding hydrogens is 348 g/mol. The number of carbonyl (C=O) groups excluding carboxylic acids is 1. The summed E-state index contributed by atoms with van der Waals surface area (Å²) >= 11 is 6.12. The molecule has 1 amide bonds. The Bertz CT molecular complexity index is 905. The summed E-state index contributed by atoms with van der Waals surface area (Å²) in [5.74, 6) is 0.195. The number of hydrogen-bond donors (Lipinski definition) is 2. The average molecular weight is 367 g/mol. The van der Waals surface area contributed by atoms with Gasteiger partial charge in [-0.2, -0.15) is 0 Å². The van der Waals surface area contributed by atoms with Crippen molar-refractivity contribution in [2.24, 2.45) is 0 Å². The van der Waals surface area contributed by atoms with Gasteiger partial charge in [0.2, 0.25) is 5.95 Å². The monoisotopic (exact) mass is 366 g/mol. The van der Waals surface area contributed by atoms with Crippen molar-refractivity contribution >= 4 is 29.1 Å². The molecule has 6 heteroatoms. The van der Waals surface area contributed by atoms with Crippen molar-refractivity contribution in [3.8, 4) is 0 Å². The highest BCUT2D eigenvalue weighted by atomic mass is 35.5. The van der Waals surface area contributed by atoms with Gasteiger partial charge in [-0.25, -0.2) is 9.97 Å². The maximum atomic E-state index is 12.3. The number of hydrogen-bond acceptors (Lipinski definition) is 4. The second kappa shape index (κ2) is 7.97. The predicted octanol–water partition coefficient (Wildman–Crippen LogP) is 4.61. The van der Waals surface area contributed by atoms with Crippen LogP contribution in [-0.4, -0.2) is 15.9 Å². The second-order valence-corrected chi connectivity index (χ2v) is 6.48. The summed E-state index contributed by atoms with van der Waals surface area (Å²) in [6, 6.07) is 13.5. The van der Waals surface area contributed by atoms with E-state index in [9.17, 15) is 4.79 Å². The highest BCUT2D eigenvalue weighted by Gasteiger charge is 2.09. The van der Waals surface area contributed by atoms with E-state index in [0.29, 0.717) is 23.1 Å². The van der Waals surface area contributed by atoms with Crippen LogP contribution >= 0.6 is 11.6 Å². The zero-order valence-electron chi connectivity index (χ0n) is 14.6. The molecule has 0 aliphatic heterocycles. The van der Waals surface area contributed by atoms with Gasteiger partial charge in [0.15, 0.2) is 0 Å². The summed E-state index contributed by atoms with van der Waals surface area (Å²) in [6.07, 6.45) is 3.00. The number of aryl methyl sites for hydroxylation is 2. The zero-order valence-corrected chi connectivity index (χ0v) is 15.3. The van der Waals surface area contributed by atoms with E-state index in [1.54, 1.807) is 0 Å². The lowest BCUT2D eigenvalue weighted by Crippen LogP contribution is -2.13. The van der Waals surface area contributed by atoms with Crippen LogP contribution in [0, 0.1) is 13.8 Å². The van der Waals surface area contributed by atoms with Crippen LogP contribution in [0.2, 0.25) is 5.02 Å². The minimum Gasteiger partial charge on any atom is -0.350 e. The first-order valence-electron chi connectivity index (χ1n) is 8.20. The van der Waals surface area contributed by atoms with E-state index in [2.05, 4.69) is 26.7 Å². The van der Waals surface area contributed by atoms with Gasteiger partial charge < -0.3 is 10.6 Å². The lowest BCUT2D eigenvalue weighted by Gasteiger charge is -2.09. The fourth-order valence-electron chi connectivity index (χ4n) is 2.60. The molecule has 2 N–H and O–H groups in total. The van der Waals surface area contributed by atoms with Gasteiger partial charge >= 0.3 is 0 Å². The van der Waals surface area contributed by atoms with Crippen LogP contribution in [-0.2, 0) is 6.54 Å². The Morgan fingerprint density at radius 1 is 1.04 bits per heavy atom. The lowest BCUT2D eigenvalue weighted by molar-refractivity contribution is 0.102. The summed E-state index contributed by atoms with van der Waals surface area (Å²) in [7, 11) is 0. The van der Waals surface area contributed by atoms with Crippen LogP contribution in [0.5, 0.6) is 0 Å². The number of anilines is 2. The third-order valence-corrected chi connectivity index (χ3v) is 4.16. The quantitative estimate of drug-likeness (QED) is 0.691. The molecule has 0 atom stereocenters. The van der Waals surface area contributed by atoms with Crippen LogP contribution in [0.15, 0.2) is 54.9 Å². The average Bonchev–Trinajstić information content (AvgIpc) is 2.60. The molecule has 0 spiro atoms. The van der Waals surface area contributed by atoms with Crippen LogP contribution < -0.4 is 10.6 Å². The molecule has 5 nitrogen and oxygen atoms in total. The summed E-state index contributed by atoms with van der Waals surface area (Å²) in [5, 5.41) is 6.65. The van der Waals surface area contributed by atoms with E-state index < -0.39 is 0 Å². The van der Waals surface area contributed by atoms with E-state index in [4.69, 9.17) is 11.6 Å². The molecule has 132 valence electrons. The van der Waals surface area contributed by atoms with Crippen molar-refractivity contribution in [1.29, 1.82) is 0 Å². The molecule has 3 aromatic rings. The molecule has 1 heterocycles. The number of carbonyl (C=O) groups is 1. The first-order valence-corrected chi connectivity index (χ1v) is 8.58. The summed E-state index contributed by atoms with van der Waals surface area (Å²) in [5.41, 5.74) is 4.29. The molecule has 26 heavy (non-hydrogen) atoms. The number of amides is 1. The SMILES string of the molecule is Cc1cc(C)cc(NC(=O)c2cnc(NCc3ccccc3Cl)nc2)c1. The van der Waals surface area contributed by atoms with Crippen molar-refractivity contribution in [3.63, 3.8) is 0 Å². The maximum absolute atomic E-state index is 12.3. The third kappa shape index (κ3) is 4.58. The smallest absolute Gasteiger partial charge is 0.258 e. The third-order valence-electron chi connectivity index (χ3n) is 3.79. The Kier molecular flexibility index (Phi) is 5.49. The highest BCUT2D eigenvalue weighted by molar-refractivity contribution is 6.31. The molecule has 0 aliphatic rings. The largest absolute Gasteiger partial charge is 0.350 e. The second-order valence-electron chi connectivity index (χ2n) is 6.07. The van der Waals surface area contributed by atoms with Crippen molar-refractivity contribution in [2.45, 2.75) is 20.4 Å². The van der Waals surface area contributed by atoms with Crippen LogP contribution in [0.3, 0.4) is 0 Å². The maximum Gasteiger partial charge on any atom is 0.258 e. The Morgan fingerprint density at radius 3 is 2.35 bits per heavy atom. The molecule has 0 fully saturated rings. The minimum absolute atomic E-state index is 0.243. The molecule has 0 radical (unpaired) electrons. The normalized spacial score (nSPS) is 10.4. The molecule has 0 saturated carbocycles. The zero-order chi connectivity index (χ0) is 18.5. The Hall–Kier alpha value is -2.92. The van der Waals surface area contributed by atoms with E-state index in [-0.39, 0.29) is 5.91 Å². The van der Waals surface area contributed by atoms with E-state index in [1.807, 2.05) is 50.2 Å². The molecular formula is C20H19ClN4O. The first kappa shape index (κ1) is 17.9. The van der Waals surface area contributed by atoms with Crippen LogP contribution in [0.1, 0.15) is 27.0 Å². The molecule has 0 unspecified atom stereocenters. The molecule has 2 aromatic carbocycles. The van der Waals surface area contributed by atoms with E-state index in [1.165, 1.54) is 12.4 Å². The summed E-state index contributed by atoms with van der Waals surface area (Å²) < 4.78 is 0. The minimum atomic E-state index is -0.243. The fourth-order valence-corrected chi connectivity index (χ4v) is 2.81. The molecule has 0 saturated heterocycles. The topological polar surface area (TPSA) is 66.9 Å². The van der Waals surface area contributed by atoms with Gasteiger partial charge in [-0.05, 0) is 48.7 Å². The predicted molar refractivity (Wildman–Crippen MR) is 105 cm³/mol. The Balaban J connectivity index is 1.63. The fraction of sp³-hybridized carbons (Fsp3) is 0.150. The Labute approximate surface area is 157 Å². The molecule has 0 aliphatic carbocycles. The van der Waals surface area contributed by atoms with Crippen molar-refractivity contribution in [3.05, 3.63) is 82.1 Å². The number of rotatable bonds is 5. The van der Waals surface area contributed by atoms with Crippen molar-refractivity contribution in [1.82, 2.24) is 9.97 Å². The van der Waals surface area contributed by atoms with E-state index >= 15 is 0 Å². The van der Waals surface area contributed by atoms with Gasteiger partial charge in [0.1, 0.15) is 0 Å². The van der Waals surface area contributed by atoms with Crippen molar-refractivity contribution in [2.75, 3.05) is 10.6 Å². The van der Waals surface area contributed by atoms with Gasteiger partial charge in [-0.1, -0.05) is 35.9 Å². The van der Waals surface area contributed by atoms with Gasteiger partial charge in [0.25, 0.3) is 5.91 Å². The van der Waals surface area contributed by atoms with Crippen LogP contribution in [0.25, 0.3) is 0 Å². The van der Waals surface area contributed by atoms with Gasteiger partial charge in [0.05, 0.1) is 5.56 Å². The Morgan fingerprint density at radius 2 is 1.69 bits per heavy atom. The highest BCUT2D eigenvalue weighted by Crippen LogP contribution is 2.17. The van der Waals surface area contributed by atoms with Gasteiger partial charge in [-0.3, -0.25) is 4.79 Å². The standard InChI is InChI=1S/C20H19ClN4O/c1-13-7-14(2)9-17(8-13)25-19(26)16-11-23-20(24-12-16)22-10-15-5-3-4-6-18(15)21/h3-9,11-12H,10H2,1-2H3,(H,25,26)(H,22,23,24). The van der Waals surface area contributed by atoms with Gasteiger partial charge in [-0.15, -0.1) is 0 Å². The number of aromatic nitrogens is 2. The number of nitrogens with zero attached hydrogens (tertiary/aromatic N) is 2.